The second kappa shape index (κ2) is 9.89. The van der Waals surface area contributed by atoms with Gasteiger partial charge in [-0.1, -0.05) is 30.3 Å². The van der Waals surface area contributed by atoms with Gasteiger partial charge in [0.25, 0.3) is 5.69 Å². The fourth-order valence-corrected chi connectivity index (χ4v) is 4.44. The summed E-state index contributed by atoms with van der Waals surface area (Å²) in [4.78, 5) is 38.6. The highest BCUT2D eigenvalue weighted by Crippen LogP contribution is 2.41. The molecule has 2 aliphatic rings. The highest BCUT2D eigenvalue weighted by atomic mass is 16.6. The zero-order chi connectivity index (χ0) is 23.3. The molecule has 9 nitrogen and oxygen atoms in total. The summed E-state index contributed by atoms with van der Waals surface area (Å²) in [6.07, 6.45) is 2.76. The van der Waals surface area contributed by atoms with Crippen LogP contribution in [0.2, 0.25) is 0 Å². The second-order valence-electron chi connectivity index (χ2n) is 8.63. The lowest BCUT2D eigenvalue weighted by molar-refractivity contribution is -0.384. The minimum atomic E-state index is -0.496. The molecule has 2 aromatic carbocycles. The number of benzene rings is 2. The molecule has 2 saturated heterocycles. The molecule has 4 rings (SSSR count). The van der Waals surface area contributed by atoms with E-state index in [1.165, 1.54) is 24.3 Å². The van der Waals surface area contributed by atoms with Gasteiger partial charge < -0.3 is 19.3 Å². The maximum absolute atomic E-state index is 12.5. The summed E-state index contributed by atoms with van der Waals surface area (Å²) in [6.45, 7) is 2.75. The molecule has 0 aliphatic carbocycles. The van der Waals surface area contributed by atoms with Crippen molar-refractivity contribution in [3.05, 3.63) is 70.3 Å². The van der Waals surface area contributed by atoms with E-state index in [-0.39, 0.29) is 29.6 Å². The number of carbonyl (C=O) groups is 2. The standard InChI is InChI=1S/C24H27N3O6/c28-22(32-18-19-4-2-1-3-5-19)25-14-10-24(11-15-25)12-16-26(17-13-24)23(29)33-21-8-6-20(7-9-21)27(30)31/h1-9H,10-18H2. The molecule has 0 bridgehead atoms. The lowest BCUT2D eigenvalue weighted by Gasteiger charge is -2.46. The summed E-state index contributed by atoms with van der Waals surface area (Å²) in [6, 6.07) is 15.1. The number of likely N-dealkylation sites (tertiary alicyclic amines) is 2. The normalized spacial score (nSPS) is 17.5. The van der Waals surface area contributed by atoms with Crippen LogP contribution in [0.1, 0.15) is 31.2 Å². The molecule has 0 saturated carbocycles. The number of carbonyl (C=O) groups excluding carboxylic acids is 2. The van der Waals surface area contributed by atoms with Crippen LogP contribution in [-0.4, -0.2) is 53.1 Å². The Labute approximate surface area is 192 Å². The SMILES string of the molecule is O=C(OCc1ccccc1)N1CCC2(CC1)CCN(C(=O)Oc1ccc([N+](=O)[O-])cc1)CC2. The quantitative estimate of drug-likeness (QED) is 0.495. The van der Waals surface area contributed by atoms with Crippen LogP contribution < -0.4 is 4.74 Å². The molecule has 2 fully saturated rings. The van der Waals surface area contributed by atoms with E-state index < -0.39 is 11.0 Å². The topological polar surface area (TPSA) is 102 Å². The Bertz CT molecular complexity index is 977. The fraction of sp³-hybridized carbons (Fsp3) is 0.417. The van der Waals surface area contributed by atoms with Gasteiger partial charge >= 0.3 is 12.2 Å². The van der Waals surface area contributed by atoms with E-state index in [4.69, 9.17) is 9.47 Å². The van der Waals surface area contributed by atoms with E-state index in [0.717, 1.165) is 31.2 Å². The Morgan fingerprint density at radius 3 is 1.94 bits per heavy atom. The first-order chi connectivity index (χ1) is 15.9. The van der Waals surface area contributed by atoms with Crippen molar-refractivity contribution in [1.82, 2.24) is 9.80 Å². The molecular formula is C24H27N3O6. The number of ether oxygens (including phenoxy) is 2. The maximum atomic E-state index is 12.5. The Hall–Kier alpha value is -3.62. The summed E-state index contributed by atoms with van der Waals surface area (Å²) in [5, 5.41) is 10.7. The zero-order valence-corrected chi connectivity index (χ0v) is 18.4. The van der Waals surface area contributed by atoms with Crippen LogP contribution in [0.5, 0.6) is 5.75 Å². The summed E-state index contributed by atoms with van der Waals surface area (Å²) in [5.74, 6) is 0.285. The van der Waals surface area contributed by atoms with Gasteiger partial charge in [0.2, 0.25) is 0 Å². The number of nitrogens with zero attached hydrogens (tertiary/aromatic N) is 3. The highest BCUT2D eigenvalue weighted by molar-refractivity contribution is 5.71. The van der Waals surface area contributed by atoms with Crippen molar-refractivity contribution in [3.8, 4) is 5.75 Å². The lowest BCUT2D eigenvalue weighted by Crippen LogP contribution is -2.49. The molecule has 2 aliphatic heterocycles. The molecule has 0 radical (unpaired) electrons. The number of nitro benzene ring substituents is 1. The van der Waals surface area contributed by atoms with Crippen molar-refractivity contribution in [3.63, 3.8) is 0 Å². The van der Waals surface area contributed by atoms with Gasteiger partial charge in [-0.3, -0.25) is 10.1 Å². The van der Waals surface area contributed by atoms with Gasteiger partial charge in [0.05, 0.1) is 4.92 Å². The van der Waals surface area contributed by atoms with E-state index >= 15 is 0 Å². The Morgan fingerprint density at radius 1 is 0.848 bits per heavy atom. The van der Waals surface area contributed by atoms with E-state index in [1.54, 1.807) is 9.80 Å². The van der Waals surface area contributed by atoms with Crippen LogP contribution in [0.15, 0.2) is 54.6 Å². The number of hydrogen-bond acceptors (Lipinski definition) is 6. The molecule has 33 heavy (non-hydrogen) atoms. The molecule has 9 heteroatoms. The summed E-state index contributed by atoms with van der Waals surface area (Å²) in [5.41, 5.74) is 1.04. The third kappa shape index (κ3) is 5.60. The van der Waals surface area contributed by atoms with Crippen molar-refractivity contribution in [1.29, 1.82) is 0 Å². The van der Waals surface area contributed by atoms with Gasteiger partial charge in [0.15, 0.2) is 0 Å². The zero-order valence-electron chi connectivity index (χ0n) is 18.4. The van der Waals surface area contributed by atoms with Crippen LogP contribution in [0.3, 0.4) is 0 Å². The van der Waals surface area contributed by atoms with Crippen molar-refractivity contribution in [2.24, 2.45) is 5.41 Å². The largest absolute Gasteiger partial charge is 0.445 e. The third-order valence-corrected chi connectivity index (χ3v) is 6.62. The number of piperidine rings is 2. The lowest BCUT2D eigenvalue weighted by atomic mass is 9.71. The van der Waals surface area contributed by atoms with Crippen molar-refractivity contribution < 1.29 is 24.0 Å². The van der Waals surface area contributed by atoms with Crippen molar-refractivity contribution in [2.75, 3.05) is 26.2 Å². The van der Waals surface area contributed by atoms with Gasteiger partial charge in [-0.2, -0.15) is 0 Å². The van der Waals surface area contributed by atoms with Crippen LogP contribution in [0, 0.1) is 15.5 Å². The van der Waals surface area contributed by atoms with Crippen molar-refractivity contribution in [2.45, 2.75) is 32.3 Å². The summed E-state index contributed by atoms with van der Waals surface area (Å²) < 4.78 is 10.8. The molecule has 174 valence electrons. The summed E-state index contributed by atoms with van der Waals surface area (Å²) >= 11 is 0. The van der Waals surface area contributed by atoms with E-state index in [1.807, 2.05) is 30.3 Å². The van der Waals surface area contributed by atoms with E-state index in [0.29, 0.717) is 26.2 Å². The predicted octanol–water partition coefficient (Wildman–Crippen LogP) is 4.61. The number of rotatable bonds is 4. The highest BCUT2D eigenvalue weighted by Gasteiger charge is 2.40. The number of nitro groups is 1. The van der Waals surface area contributed by atoms with Gasteiger partial charge in [-0.05, 0) is 48.8 Å². The molecule has 0 unspecified atom stereocenters. The van der Waals surface area contributed by atoms with Crippen LogP contribution in [0.25, 0.3) is 0 Å². The van der Waals surface area contributed by atoms with Crippen LogP contribution >= 0.6 is 0 Å². The molecular weight excluding hydrogens is 426 g/mol. The number of non-ortho nitro benzene ring substituents is 1. The molecule has 2 aromatic rings. The summed E-state index contributed by atoms with van der Waals surface area (Å²) in [7, 11) is 0. The smallest absolute Gasteiger partial charge is 0.415 e. The Kier molecular flexibility index (Phi) is 6.76. The first-order valence-electron chi connectivity index (χ1n) is 11.1. The van der Waals surface area contributed by atoms with E-state index in [2.05, 4.69) is 0 Å². The van der Waals surface area contributed by atoms with Crippen molar-refractivity contribution >= 4 is 17.9 Å². The second-order valence-corrected chi connectivity index (χ2v) is 8.63. The Morgan fingerprint density at radius 2 is 1.39 bits per heavy atom. The molecule has 0 N–H and O–H groups in total. The van der Waals surface area contributed by atoms with Gasteiger partial charge in [0.1, 0.15) is 12.4 Å². The first-order valence-corrected chi connectivity index (χ1v) is 11.1. The van der Waals surface area contributed by atoms with Gasteiger partial charge in [-0.15, -0.1) is 0 Å². The average Bonchev–Trinajstić information content (AvgIpc) is 2.84. The molecule has 0 aromatic heterocycles. The fourth-order valence-electron chi connectivity index (χ4n) is 4.44. The van der Waals surface area contributed by atoms with E-state index in [9.17, 15) is 19.7 Å². The maximum Gasteiger partial charge on any atom is 0.415 e. The van der Waals surface area contributed by atoms with Gasteiger partial charge in [0, 0.05) is 38.3 Å². The molecule has 2 heterocycles. The van der Waals surface area contributed by atoms with Crippen LogP contribution in [-0.2, 0) is 11.3 Å². The number of amides is 2. The Balaban J connectivity index is 1.21. The third-order valence-electron chi connectivity index (χ3n) is 6.62. The minimum absolute atomic E-state index is 0.0509. The molecule has 1 spiro atoms. The predicted molar refractivity (Wildman–Crippen MR) is 120 cm³/mol. The average molecular weight is 453 g/mol. The molecule has 2 amide bonds. The van der Waals surface area contributed by atoms with Crippen LogP contribution in [0.4, 0.5) is 15.3 Å². The molecule has 0 atom stereocenters. The van der Waals surface area contributed by atoms with Gasteiger partial charge in [-0.25, -0.2) is 9.59 Å². The number of hydrogen-bond donors (Lipinski definition) is 0. The monoisotopic (exact) mass is 453 g/mol. The first kappa shape index (κ1) is 22.6. The minimum Gasteiger partial charge on any atom is -0.445 e.